The maximum absolute atomic E-state index is 3.53. The minimum absolute atomic E-state index is 0.354. The van der Waals surface area contributed by atoms with E-state index in [0.717, 1.165) is 19.6 Å². The average Bonchev–Trinajstić information content (AvgIpc) is 2.38. The van der Waals surface area contributed by atoms with Gasteiger partial charge in [0.25, 0.3) is 0 Å². The monoisotopic (exact) mass is 278 g/mol. The van der Waals surface area contributed by atoms with Gasteiger partial charge < -0.3 is 10.2 Å². The van der Waals surface area contributed by atoms with Gasteiger partial charge in [0.1, 0.15) is 0 Å². The lowest BCUT2D eigenvalue weighted by molar-refractivity contribution is 0.589. The molecule has 1 saturated heterocycles. The van der Waals surface area contributed by atoms with Crippen molar-refractivity contribution < 1.29 is 0 Å². The molecule has 0 radical (unpaired) electrons. The van der Waals surface area contributed by atoms with Gasteiger partial charge in [0.15, 0.2) is 0 Å². The molecule has 2 rings (SSSR count). The summed E-state index contributed by atoms with van der Waals surface area (Å²) >= 11 is 2.09. The number of hydrogen-bond donors (Lipinski definition) is 1. The molecule has 1 aromatic carbocycles. The highest BCUT2D eigenvalue weighted by atomic mass is 32.2. The summed E-state index contributed by atoms with van der Waals surface area (Å²) in [6, 6.07) is 9.26. The van der Waals surface area contributed by atoms with Crippen LogP contribution in [0.5, 0.6) is 0 Å². The van der Waals surface area contributed by atoms with Gasteiger partial charge in [-0.15, -0.1) is 0 Å². The van der Waals surface area contributed by atoms with Crippen LogP contribution in [-0.4, -0.2) is 30.1 Å². The van der Waals surface area contributed by atoms with E-state index < -0.39 is 0 Å². The number of nitrogens with one attached hydrogen (secondary N) is 1. The molecule has 0 bridgehead atoms. The summed E-state index contributed by atoms with van der Waals surface area (Å²) in [4.78, 5) is 2.56. The van der Waals surface area contributed by atoms with Gasteiger partial charge >= 0.3 is 0 Å². The zero-order chi connectivity index (χ0) is 13.9. The Balaban J connectivity index is 2.24. The first-order chi connectivity index (χ1) is 9.03. The number of para-hydroxylation sites is 1. The van der Waals surface area contributed by atoms with Gasteiger partial charge in [-0.25, -0.2) is 0 Å². The second-order valence-electron chi connectivity index (χ2n) is 5.87. The molecule has 19 heavy (non-hydrogen) atoms. The molecule has 0 aromatic heterocycles. The number of rotatable bonds is 4. The van der Waals surface area contributed by atoms with Crippen molar-refractivity contribution in [2.75, 3.05) is 30.3 Å². The van der Waals surface area contributed by atoms with E-state index in [2.05, 4.69) is 73.9 Å². The maximum Gasteiger partial charge on any atom is 0.0415 e. The predicted octanol–water partition coefficient (Wildman–Crippen LogP) is 3.69. The highest BCUT2D eigenvalue weighted by Crippen LogP contribution is 2.34. The van der Waals surface area contributed by atoms with Crippen molar-refractivity contribution in [2.24, 2.45) is 0 Å². The van der Waals surface area contributed by atoms with Crippen molar-refractivity contribution in [3.8, 4) is 0 Å². The zero-order valence-electron chi connectivity index (χ0n) is 12.6. The summed E-state index contributed by atoms with van der Waals surface area (Å²) in [6.07, 6.45) is 0. The zero-order valence-corrected chi connectivity index (χ0v) is 13.4. The van der Waals surface area contributed by atoms with Crippen LogP contribution in [0.3, 0.4) is 0 Å². The Labute approximate surface area is 122 Å². The Hall–Kier alpha value is -0.670. The van der Waals surface area contributed by atoms with Gasteiger partial charge in [-0.3, -0.25) is 0 Å². The lowest BCUT2D eigenvalue weighted by atomic mass is 10.0. The molecule has 1 N–H and O–H groups in total. The summed E-state index contributed by atoms with van der Waals surface area (Å²) in [5.74, 6) is 1.22. The van der Waals surface area contributed by atoms with Crippen LogP contribution in [0.1, 0.15) is 39.3 Å². The second-order valence-corrected chi connectivity index (χ2v) is 7.67. The molecule has 0 spiro atoms. The van der Waals surface area contributed by atoms with Crippen molar-refractivity contribution in [1.82, 2.24) is 5.32 Å². The van der Waals surface area contributed by atoms with Crippen LogP contribution in [0, 0.1) is 0 Å². The van der Waals surface area contributed by atoms with E-state index in [1.807, 2.05) is 0 Å². The summed E-state index contributed by atoms with van der Waals surface area (Å²) in [7, 11) is 0. The van der Waals surface area contributed by atoms with E-state index in [0.29, 0.717) is 10.8 Å². The molecule has 2 nitrogen and oxygen atoms in total. The molecule has 1 heterocycles. The summed E-state index contributed by atoms with van der Waals surface area (Å²) in [6.45, 7) is 12.4. The Morgan fingerprint density at radius 1 is 1.37 bits per heavy atom. The molecule has 1 atom stereocenters. The number of thioether (sulfide) groups is 1. The molecular weight excluding hydrogens is 252 g/mol. The van der Waals surface area contributed by atoms with Crippen molar-refractivity contribution in [3.05, 3.63) is 29.8 Å². The maximum atomic E-state index is 3.53. The van der Waals surface area contributed by atoms with Crippen LogP contribution >= 0.6 is 11.8 Å². The number of hydrogen-bond acceptors (Lipinski definition) is 3. The molecule has 1 aromatic rings. The van der Waals surface area contributed by atoms with E-state index in [9.17, 15) is 0 Å². The van der Waals surface area contributed by atoms with E-state index in [1.54, 1.807) is 0 Å². The van der Waals surface area contributed by atoms with E-state index in [4.69, 9.17) is 0 Å². The van der Waals surface area contributed by atoms with Crippen LogP contribution < -0.4 is 10.2 Å². The molecule has 1 unspecified atom stereocenters. The minimum atomic E-state index is 0.354. The standard InChI is InChI=1S/C16H26N2S/c1-5-17-13(2)14-8-6-7-9-15(14)18-10-11-19-16(3,4)12-18/h6-9,13,17H,5,10-12H2,1-4H3. The first kappa shape index (κ1) is 14.7. The van der Waals surface area contributed by atoms with Crippen LogP contribution in [0.2, 0.25) is 0 Å². The summed E-state index contributed by atoms with van der Waals surface area (Å²) in [5, 5.41) is 3.53. The predicted molar refractivity (Wildman–Crippen MR) is 87.3 cm³/mol. The highest BCUT2D eigenvalue weighted by Gasteiger charge is 2.28. The largest absolute Gasteiger partial charge is 0.369 e. The minimum Gasteiger partial charge on any atom is -0.369 e. The van der Waals surface area contributed by atoms with Crippen LogP contribution in [0.4, 0.5) is 5.69 Å². The van der Waals surface area contributed by atoms with Crippen LogP contribution in [0.25, 0.3) is 0 Å². The Bertz CT molecular complexity index is 417. The lowest BCUT2D eigenvalue weighted by Crippen LogP contribution is -2.43. The average molecular weight is 278 g/mol. The molecular formula is C16H26N2S. The quantitative estimate of drug-likeness (QED) is 0.904. The Kier molecular flexibility index (Phi) is 4.80. The molecule has 0 saturated carbocycles. The van der Waals surface area contributed by atoms with Crippen LogP contribution in [-0.2, 0) is 0 Å². The van der Waals surface area contributed by atoms with E-state index >= 15 is 0 Å². The van der Waals surface area contributed by atoms with Crippen LogP contribution in [0.15, 0.2) is 24.3 Å². The third-order valence-electron chi connectivity index (χ3n) is 3.68. The normalized spacial score (nSPS) is 20.3. The van der Waals surface area contributed by atoms with Gasteiger partial charge in [-0.2, -0.15) is 11.8 Å². The number of benzene rings is 1. The molecule has 1 aliphatic rings. The fourth-order valence-corrected chi connectivity index (χ4v) is 3.89. The first-order valence-corrected chi connectivity index (χ1v) is 8.23. The number of anilines is 1. The lowest BCUT2D eigenvalue weighted by Gasteiger charge is -2.40. The smallest absolute Gasteiger partial charge is 0.0415 e. The topological polar surface area (TPSA) is 15.3 Å². The summed E-state index contributed by atoms with van der Waals surface area (Å²) in [5.41, 5.74) is 2.83. The van der Waals surface area contributed by atoms with E-state index in [1.165, 1.54) is 17.0 Å². The SMILES string of the molecule is CCNC(C)c1ccccc1N1CCSC(C)(C)C1. The molecule has 3 heteroatoms. The van der Waals surface area contributed by atoms with Crippen molar-refractivity contribution in [3.63, 3.8) is 0 Å². The van der Waals surface area contributed by atoms with Gasteiger partial charge in [0, 0.05) is 35.3 Å². The molecule has 1 fully saturated rings. The van der Waals surface area contributed by atoms with Crippen molar-refractivity contribution in [1.29, 1.82) is 0 Å². The Morgan fingerprint density at radius 3 is 2.79 bits per heavy atom. The first-order valence-electron chi connectivity index (χ1n) is 7.25. The molecule has 0 aliphatic carbocycles. The third kappa shape index (κ3) is 3.67. The van der Waals surface area contributed by atoms with Crippen molar-refractivity contribution >= 4 is 17.4 Å². The Morgan fingerprint density at radius 2 is 2.11 bits per heavy atom. The fourth-order valence-electron chi connectivity index (χ4n) is 2.78. The third-order valence-corrected chi connectivity index (χ3v) is 4.98. The highest BCUT2D eigenvalue weighted by molar-refractivity contribution is 8.00. The van der Waals surface area contributed by atoms with Gasteiger partial charge in [0.05, 0.1) is 0 Å². The van der Waals surface area contributed by atoms with Gasteiger partial charge in [-0.1, -0.05) is 25.1 Å². The second kappa shape index (κ2) is 6.19. The molecule has 0 amide bonds. The number of nitrogens with zero attached hydrogens (tertiary/aromatic N) is 1. The van der Waals surface area contributed by atoms with E-state index in [-0.39, 0.29) is 0 Å². The molecule has 1 aliphatic heterocycles. The van der Waals surface area contributed by atoms with Gasteiger partial charge in [0.2, 0.25) is 0 Å². The van der Waals surface area contributed by atoms with Crippen molar-refractivity contribution in [2.45, 2.75) is 38.5 Å². The van der Waals surface area contributed by atoms with Gasteiger partial charge in [-0.05, 0) is 38.9 Å². The summed E-state index contributed by atoms with van der Waals surface area (Å²) < 4.78 is 0.354. The fraction of sp³-hybridized carbons (Fsp3) is 0.625. The molecule has 106 valence electrons.